The van der Waals surface area contributed by atoms with Crippen LogP contribution in [-0.2, 0) is 14.4 Å². The number of carbonyl (C=O) groups excluding carboxylic acids is 3. The molecule has 1 heterocycles. The first kappa shape index (κ1) is 18.2. The lowest BCUT2D eigenvalue weighted by Crippen LogP contribution is -2.46. The Kier molecular flexibility index (Phi) is 4.50. The third-order valence-corrected chi connectivity index (χ3v) is 9.31. The van der Waals surface area contributed by atoms with Gasteiger partial charge in [0.05, 0.1) is 11.8 Å². The number of nitrogens with zero attached hydrogens (tertiary/aromatic N) is 1. The first-order chi connectivity index (χ1) is 12.3. The minimum absolute atomic E-state index is 0.156. The minimum atomic E-state index is -0.816. The summed E-state index contributed by atoms with van der Waals surface area (Å²) < 4.78 is 0. The van der Waals surface area contributed by atoms with Crippen molar-refractivity contribution in [2.75, 3.05) is 5.32 Å². The van der Waals surface area contributed by atoms with Gasteiger partial charge in [-0.1, -0.05) is 49.6 Å². The van der Waals surface area contributed by atoms with Crippen LogP contribution in [0.25, 0.3) is 0 Å². The second-order valence-corrected chi connectivity index (χ2v) is 9.70. The van der Waals surface area contributed by atoms with E-state index in [0.717, 1.165) is 12.0 Å². The zero-order chi connectivity index (χ0) is 18.7. The fraction of sp³-hybridized carbons (Fsp3) is 0.526. The topological polar surface area (TPSA) is 66.5 Å². The average Bonchev–Trinajstić information content (AvgIpc) is 3.21. The van der Waals surface area contributed by atoms with E-state index in [2.05, 4.69) is 37.2 Å². The van der Waals surface area contributed by atoms with Crippen molar-refractivity contribution in [3.8, 4) is 0 Å². The number of fused-ring (bicyclic) bond motifs is 5. The van der Waals surface area contributed by atoms with Crippen molar-refractivity contribution in [3.05, 3.63) is 29.8 Å². The molecule has 0 radical (unpaired) electrons. The molecule has 0 spiro atoms. The van der Waals surface area contributed by atoms with Gasteiger partial charge in [-0.2, -0.15) is 0 Å². The Morgan fingerprint density at radius 1 is 1.08 bits per heavy atom. The van der Waals surface area contributed by atoms with Crippen molar-refractivity contribution in [2.45, 2.75) is 36.0 Å². The molecule has 1 aliphatic heterocycles. The summed E-state index contributed by atoms with van der Waals surface area (Å²) in [6, 6.07) is 6.62. The number of halogens is 2. The number of anilines is 1. The standard InChI is InChI=1S/C19H20Br2N2O3/c1-8-3-5-10(6-4-8)22-17(24)9(2)23-18(25)13-11-7-12(14(13)19(23)26)16(21)15(11)20/h3-6,9,11-16H,7H2,1-2H3,(H,22,24)/t9-,11-,12-,13-,14-,15-,16+/m0/s1. The van der Waals surface area contributed by atoms with Gasteiger partial charge in [-0.25, -0.2) is 0 Å². The fourth-order valence-corrected chi connectivity index (χ4v) is 6.63. The highest BCUT2D eigenvalue weighted by atomic mass is 79.9. The zero-order valence-corrected chi connectivity index (χ0v) is 17.7. The highest BCUT2D eigenvalue weighted by Crippen LogP contribution is 2.60. The summed E-state index contributed by atoms with van der Waals surface area (Å²) in [7, 11) is 0. The van der Waals surface area contributed by atoms with Gasteiger partial charge in [-0.05, 0) is 44.2 Å². The highest BCUT2D eigenvalue weighted by molar-refractivity contribution is 9.12. The molecule has 1 saturated heterocycles. The van der Waals surface area contributed by atoms with Crippen LogP contribution in [0.3, 0.4) is 0 Å². The number of benzene rings is 1. The van der Waals surface area contributed by atoms with Crippen LogP contribution in [0.1, 0.15) is 18.9 Å². The van der Waals surface area contributed by atoms with E-state index in [1.165, 1.54) is 4.90 Å². The molecule has 1 aromatic rings. The van der Waals surface area contributed by atoms with Crippen molar-refractivity contribution >= 4 is 55.3 Å². The summed E-state index contributed by atoms with van der Waals surface area (Å²) >= 11 is 7.34. The molecule has 138 valence electrons. The molecule has 3 fully saturated rings. The Balaban J connectivity index is 1.53. The Morgan fingerprint density at radius 2 is 1.58 bits per heavy atom. The molecule has 0 aromatic heterocycles. The number of rotatable bonds is 3. The van der Waals surface area contributed by atoms with Crippen LogP contribution < -0.4 is 5.32 Å². The predicted molar refractivity (Wildman–Crippen MR) is 105 cm³/mol. The number of alkyl halides is 2. The van der Waals surface area contributed by atoms with E-state index in [-0.39, 0.29) is 51.0 Å². The molecule has 3 aliphatic rings. The number of imide groups is 1. The van der Waals surface area contributed by atoms with E-state index in [1.807, 2.05) is 31.2 Å². The van der Waals surface area contributed by atoms with E-state index >= 15 is 0 Å². The molecule has 2 aliphatic carbocycles. The Labute approximate surface area is 169 Å². The SMILES string of the molecule is Cc1ccc(NC(=O)[C@H](C)N2C(=O)[C@H]3[C@@H]4C[C@H]([C@@H](Br)[C@H]4Br)[C@@H]3C2=O)cc1. The molecular formula is C19H20Br2N2O3. The van der Waals surface area contributed by atoms with Crippen LogP contribution in [0, 0.1) is 30.6 Å². The summed E-state index contributed by atoms with van der Waals surface area (Å²) in [6.07, 6.45) is 0.885. The van der Waals surface area contributed by atoms with Gasteiger partial charge in [0.25, 0.3) is 0 Å². The second kappa shape index (κ2) is 6.44. The highest BCUT2D eigenvalue weighted by Gasteiger charge is 2.67. The fourth-order valence-electron chi connectivity index (χ4n) is 4.75. The maximum absolute atomic E-state index is 13.0. The van der Waals surface area contributed by atoms with Crippen molar-refractivity contribution in [1.82, 2.24) is 4.90 Å². The molecule has 3 amide bonds. The van der Waals surface area contributed by atoms with Crippen LogP contribution >= 0.6 is 31.9 Å². The van der Waals surface area contributed by atoms with Gasteiger partial charge in [0.1, 0.15) is 6.04 Å². The largest absolute Gasteiger partial charge is 0.324 e. The first-order valence-electron chi connectivity index (χ1n) is 8.84. The smallest absolute Gasteiger partial charge is 0.247 e. The van der Waals surface area contributed by atoms with Gasteiger partial charge < -0.3 is 5.32 Å². The van der Waals surface area contributed by atoms with E-state index in [4.69, 9.17) is 0 Å². The van der Waals surface area contributed by atoms with Crippen molar-refractivity contribution < 1.29 is 14.4 Å². The third kappa shape index (κ3) is 2.58. The van der Waals surface area contributed by atoms with Crippen LogP contribution in [0.2, 0.25) is 0 Å². The Bertz CT molecular complexity index is 749. The van der Waals surface area contributed by atoms with Crippen LogP contribution in [-0.4, -0.2) is 38.3 Å². The number of carbonyl (C=O) groups is 3. The number of likely N-dealkylation sites (tertiary alicyclic amines) is 1. The van der Waals surface area contributed by atoms with Crippen LogP contribution in [0.4, 0.5) is 5.69 Å². The number of aryl methyl sites for hydroxylation is 1. The summed E-state index contributed by atoms with van der Waals surface area (Å²) in [4.78, 5) is 40.2. The molecule has 7 atom stereocenters. The van der Waals surface area contributed by atoms with Crippen molar-refractivity contribution in [2.24, 2.45) is 23.7 Å². The zero-order valence-electron chi connectivity index (χ0n) is 14.5. The molecule has 2 saturated carbocycles. The number of amides is 3. The van der Waals surface area contributed by atoms with E-state index in [0.29, 0.717) is 5.69 Å². The molecule has 2 bridgehead atoms. The molecule has 0 unspecified atom stereocenters. The van der Waals surface area contributed by atoms with Gasteiger partial charge in [0, 0.05) is 15.3 Å². The average molecular weight is 484 g/mol. The summed E-state index contributed by atoms with van der Waals surface area (Å²) in [6.45, 7) is 3.59. The second-order valence-electron chi connectivity index (χ2n) is 7.58. The van der Waals surface area contributed by atoms with Gasteiger partial charge in [-0.3, -0.25) is 19.3 Å². The Morgan fingerprint density at radius 3 is 2.08 bits per heavy atom. The van der Waals surface area contributed by atoms with Gasteiger partial charge in [0.2, 0.25) is 17.7 Å². The van der Waals surface area contributed by atoms with Gasteiger partial charge >= 0.3 is 0 Å². The molecule has 7 heteroatoms. The molecule has 1 aromatic carbocycles. The normalized spacial score (nSPS) is 36.4. The quantitative estimate of drug-likeness (QED) is 0.530. The molecule has 4 rings (SSSR count). The summed E-state index contributed by atoms with van der Waals surface area (Å²) in [5.41, 5.74) is 1.76. The van der Waals surface area contributed by atoms with Crippen molar-refractivity contribution in [3.63, 3.8) is 0 Å². The molecule has 5 nitrogen and oxygen atoms in total. The maximum Gasteiger partial charge on any atom is 0.247 e. The lowest BCUT2D eigenvalue weighted by molar-refractivity contribution is -0.146. The summed E-state index contributed by atoms with van der Waals surface area (Å²) in [5, 5.41) is 2.80. The lowest BCUT2D eigenvalue weighted by Gasteiger charge is -2.28. The van der Waals surface area contributed by atoms with E-state index < -0.39 is 6.04 Å². The summed E-state index contributed by atoms with van der Waals surface area (Å²) in [5.74, 6) is -0.994. The number of nitrogens with one attached hydrogen (secondary N) is 1. The van der Waals surface area contributed by atoms with Crippen LogP contribution in [0.5, 0.6) is 0 Å². The first-order valence-corrected chi connectivity index (χ1v) is 10.7. The molecular weight excluding hydrogens is 464 g/mol. The lowest BCUT2D eigenvalue weighted by atomic mass is 9.81. The Hall–Kier alpha value is -1.21. The number of hydrogen-bond acceptors (Lipinski definition) is 3. The predicted octanol–water partition coefficient (Wildman–Crippen LogP) is 3.10. The maximum atomic E-state index is 13.0. The minimum Gasteiger partial charge on any atom is -0.324 e. The third-order valence-electron chi connectivity index (χ3n) is 6.11. The molecule has 26 heavy (non-hydrogen) atoms. The van der Waals surface area contributed by atoms with Gasteiger partial charge in [-0.15, -0.1) is 0 Å². The number of hydrogen-bond donors (Lipinski definition) is 1. The molecule has 1 N–H and O–H groups in total. The van der Waals surface area contributed by atoms with Gasteiger partial charge in [0.15, 0.2) is 0 Å². The van der Waals surface area contributed by atoms with E-state index in [1.54, 1.807) is 6.92 Å². The van der Waals surface area contributed by atoms with E-state index in [9.17, 15) is 14.4 Å². The van der Waals surface area contributed by atoms with Crippen molar-refractivity contribution in [1.29, 1.82) is 0 Å². The van der Waals surface area contributed by atoms with Crippen LogP contribution in [0.15, 0.2) is 24.3 Å². The monoisotopic (exact) mass is 482 g/mol.